The Morgan fingerprint density at radius 2 is 1.63 bits per heavy atom. The lowest BCUT2D eigenvalue weighted by atomic mass is 9.82. The molecule has 3 aliphatic rings. The number of sulfone groups is 1. The van der Waals surface area contributed by atoms with Crippen LogP contribution in [0.25, 0.3) is 0 Å². The summed E-state index contributed by atoms with van der Waals surface area (Å²) in [5, 5.41) is 0. The number of allylic oxidation sites excluding steroid dienone is 4. The molecule has 1 aromatic carbocycles. The van der Waals surface area contributed by atoms with Crippen molar-refractivity contribution in [2.45, 2.75) is 24.7 Å². The van der Waals surface area contributed by atoms with Crippen molar-refractivity contribution in [1.29, 1.82) is 0 Å². The van der Waals surface area contributed by atoms with Gasteiger partial charge in [0, 0.05) is 16.3 Å². The zero-order valence-corrected chi connectivity index (χ0v) is 13.0. The lowest BCUT2D eigenvalue weighted by Gasteiger charge is -2.33. The summed E-state index contributed by atoms with van der Waals surface area (Å²) in [6.07, 6.45) is 6.12. The van der Waals surface area contributed by atoms with Gasteiger partial charge in [-0.05, 0) is 31.9 Å². The Morgan fingerprint density at radius 1 is 1.05 bits per heavy atom. The number of fused-ring (bicyclic) bond motifs is 1. The quantitative estimate of drug-likeness (QED) is 0.764. The molecule has 0 radical (unpaired) electrons. The minimum absolute atomic E-state index is 0.0330. The highest BCUT2D eigenvalue weighted by molar-refractivity contribution is 9.11. The van der Waals surface area contributed by atoms with Crippen molar-refractivity contribution in [3.63, 3.8) is 0 Å². The third kappa shape index (κ3) is 2.11. The Bertz CT molecular complexity index is 669. The van der Waals surface area contributed by atoms with Gasteiger partial charge >= 0.3 is 0 Å². The predicted octanol–water partition coefficient (Wildman–Crippen LogP) is 3.97. The molecule has 0 aromatic heterocycles. The van der Waals surface area contributed by atoms with Crippen molar-refractivity contribution in [2.24, 2.45) is 11.8 Å². The molecule has 0 unspecified atom stereocenters. The average molecular weight is 339 g/mol. The molecule has 1 aromatic rings. The standard InChI is InChI=1S/C15H15BrO2S/c1-10-2-8-13(9-3-10)19(17,18)15-12-6-4-11(5-7-12)14(15)16/h2-4,6,8-9,11-12H,5,7H2,1H3/t11-,12+/m1/s1. The van der Waals surface area contributed by atoms with Crippen LogP contribution >= 0.6 is 15.9 Å². The lowest BCUT2D eigenvalue weighted by molar-refractivity contribution is 0.507. The van der Waals surface area contributed by atoms with Gasteiger partial charge in [-0.1, -0.05) is 45.8 Å². The largest absolute Gasteiger partial charge is 0.219 e. The minimum Gasteiger partial charge on any atom is -0.219 e. The molecule has 4 rings (SSSR count). The second kappa shape index (κ2) is 4.60. The summed E-state index contributed by atoms with van der Waals surface area (Å²) in [6, 6.07) is 7.09. The number of hydrogen-bond acceptors (Lipinski definition) is 2. The molecule has 0 heterocycles. The van der Waals surface area contributed by atoms with E-state index in [0.717, 1.165) is 22.9 Å². The van der Waals surface area contributed by atoms with E-state index in [4.69, 9.17) is 0 Å². The molecule has 0 amide bonds. The van der Waals surface area contributed by atoms with E-state index in [1.165, 1.54) is 0 Å². The number of hydrogen-bond donors (Lipinski definition) is 0. The van der Waals surface area contributed by atoms with Gasteiger partial charge < -0.3 is 0 Å². The van der Waals surface area contributed by atoms with Crippen LogP contribution in [0.4, 0.5) is 0 Å². The Balaban J connectivity index is 2.11. The first-order valence-electron chi connectivity index (χ1n) is 6.40. The number of halogens is 1. The van der Waals surface area contributed by atoms with Crippen LogP contribution in [-0.4, -0.2) is 8.42 Å². The number of benzene rings is 1. The van der Waals surface area contributed by atoms with Gasteiger partial charge in [-0.25, -0.2) is 8.42 Å². The van der Waals surface area contributed by atoms with Crippen molar-refractivity contribution in [3.8, 4) is 0 Å². The molecule has 0 N–H and O–H groups in total. The normalized spacial score (nSPS) is 26.0. The Morgan fingerprint density at radius 3 is 2.16 bits per heavy atom. The first-order valence-corrected chi connectivity index (χ1v) is 8.67. The maximum atomic E-state index is 12.8. The lowest BCUT2D eigenvalue weighted by Crippen LogP contribution is -2.25. The van der Waals surface area contributed by atoms with Gasteiger partial charge in [0.05, 0.1) is 9.80 Å². The summed E-state index contributed by atoms with van der Waals surface area (Å²) in [4.78, 5) is 0.959. The number of aryl methyl sites for hydroxylation is 1. The summed E-state index contributed by atoms with van der Waals surface area (Å²) >= 11 is 3.51. The topological polar surface area (TPSA) is 34.1 Å². The zero-order valence-electron chi connectivity index (χ0n) is 10.6. The molecule has 0 aliphatic heterocycles. The van der Waals surface area contributed by atoms with Crippen LogP contribution in [-0.2, 0) is 9.84 Å². The average Bonchev–Trinajstić information content (AvgIpc) is 2.40. The molecule has 2 atom stereocenters. The molecule has 2 nitrogen and oxygen atoms in total. The van der Waals surface area contributed by atoms with E-state index in [0.29, 0.717) is 9.80 Å². The highest BCUT2D eigenvalue weighted by atomic mass is 79.9. The van der Waals surface area contributed by atoms with E-state index in [-0.39, 0.29) is 11.8 Å². The van der Waals surface area contributed by atoms with Crippen LogP contribution in [0.3, 0.4) is 0 Å². The van der Waals surface area contributed by atoms with Gasteiger partial charge in [0.2, 0.25) is 9.84 Å². The SMILES string of the molecule is Cc1ccc(S(=O)(=O)C2=C(Br)[C@@H]3C=C[C@H]2CC3)cc1. The third-order valence-electron chi connectivity index (χ3n) is 3.88. The summed E-state index contributed by atoms with van der Waals surface area (Å²) in [5.41, 5.74) is 1.07. The van der Waals surface area contributed by atoms with Crippen molar-refractivity contribution >= 4 is 25.8 Å². The molecule has 0 spiro atoms. The van der Waals surface area contributed by atoms with E-state index < -0.39 is 9.84 Å². The first kappa shape index (κ1) is 13.1. The second-order valence-corrected chi connectivity index (χ2v) is 7.98. The highest BCUT2D eigenvalue weighted by Crippen LogP contribution is 2.46. The summed E-state index contributed by atoms with van der Waals surface area (Å²) < 4.78 is 26.4. The minimum atomic E-state index is -3.38. The van der Waals surface area contributed by atoms with E-state index in [1.54, 1.807) is 12.1 Å². The molecule has 0 fully saturated rings. The van der Waals surface area contributed by atoms with Crippen molar-refractivity contribution < 1.29 is 8.42 Å². The van der Waals surface area contributed by atoms with E-state index in [1.807, 2.05) is 25.1 Å². The van der Waals surface area contributed by atoms with Gasteiger partial charge in [0.1, 0.15) is 0 Å². The fourth-order valence-electron chi connectivity index (χ4n) is 2.78. The zero-order chi connectivity index (χ0) is 13.6. The third-order valence-corrected chi connectivity index (χ3v) is 7.16. The van der Waals surface area contributed by atoms with Crippen LogP contribution in [0.2, 0.25) is 0 Å². The van der Waals surface area contributed by atoms with Gasteiger partial charge in [-0.2, -0.15) is 0 Å². The van der Waals surface area contributed by atoms with E-state index in [2.05, 4.69) is 22.0 Å². The maximum Gasteiger partial charge on any atom is 0.204 e. The molecule has 0 saturated carbocycles. The molecular weight excluding hydrogens is 324 g/mol. The Hall–Kier alpha value is -0.870. The fourth-order valence-corrected chi connectivity index (χ4v) is 5.85. The summed E-state index contributed by atoms with van der Waals surface area (Å²) in [6.45, 7) is 1.96. The first-order chi connectivity index (χ1) is 9.00. The van der Waals surface area contributed by atoms with Crippen LogP contribution in [0.1, 0.15) is 18.4 Å². The molecule has 3 aliphatic carbocycles. The number of rotatable bonds is 2. The van der Waals surface area contributed by atoms with Gasteiger partial charge in [0.25, 0.3) is 0 Å². The second-order valence-electron chi connectivity index (χ2n) is 5.20. The monoisotopic (exact) mass is 338 g/mol. The summed E-state index contributed by atoms with van der Waals surface area (Å²) in [5.74, 6) is 0.269. The van der Waals surface area contributed by atoms with Crippen molar-refractivity contribution in [2.75, 3.05) is 0 Å². The summed E-state index contributed by atoms with van der Waals surface area (Å²) in [7, 11) is -3.38. The highest BCUT2D eigenvalue weighted by Gasteiger charge is 2.37. The van der Waals surface area contributed by atoms with Crippen LogP contribution in [0.5, 0.6) is 0 Å². The molecular formula is C15H15BrO2S. The van der Waals surface area contributed by atoms with Gasteiger partial charge in [-0.15, -0.1) is 0 Å². The van der Waals surface area contributed by atoms with Crippen LogP contribution in [0, 0.1) is 18.8 Å². The predicted molar refractivity (Wildman–Crippen MR) is 79.7 cm³/mol. The van der Waals surface area contributed by atoms with Crippen molar-refractivity contribution in [1.82, 2.24) is 0 Å². The molecule has 100 valence electrons. The molecule has 19 heavy (non-hydrogen) atoms. The van der Waals surface area contributed by atoms with E-state index in [9.17, 15) is 8.42 Å². The van der Waals surface area contributed by atoms with Gasteiger partial charge in [-0.3, -0.25) is 0 Å². The van der Waals surface area contributed by atoms with Crippen LogP contribution in [0.15, 0.2) is 50.7 Å². The molecule has 2 bridgehead atoms. The Kier molecular flexibility index (Phi) is 3.18. The maximum absolute atomic E-state index is 12.8. The van der Waals surface area contributed by atoms with E-state index >= 15 is 0 Å². The Labute approximate surface area is 122 Å². The molecule has 0 saturated heterocycles. The van der Waals surface area contributed by atoms with Gasteiger partial charge in [0.15, 0.2) is 0 Å². The fraction of sp³-hybridized carbons (Fsp3) is 0.333. The smallest absolute Gasteiger partial charge is 0.204 e. The van der Waals surface area contributed by atoms with Crippen molar-refractivity contribution in [3.05, 3.63) is 51.4 Å². The molecule has 4 heteroatoms. The van der Waals surface area contributed by atoms with Crippen LogP contribution < -0.4 is 0 Å².